The first-order valence-electron chi connectivity index (χ1n) is 9.91. The highest BCUT2D eigenvalue weighted by Crippen LogP contribution is 2.31. The van der Waals surface area contributed by atoms with Gasteiger partial charge in [-0.1, -0.05) is 48.5 Å². The fourth-order valence-corrected chi connectivity index (χ4v) is 4.57. The number of thioether (sulfide) groups is 1. The molecule has 0 radical (unpaired) electrons. The standard InChI is InChI=1S/C22H22ClN3O3S/c1-2-10-26-21(28)16-8-7-14(23)12-18(16)25-22(26)30-13-20(27)24-17-9-11-29-19-6-4-3-5-15(17)19/h3-8,12,17H,2,9-11,13H2,1H3,(H,24,27). The molecular weight excluding hydrogens is 422 g/mol. The normalized spacial score (nSPS) is 15.5. The molecule has 0 fully saturated rings. The van der Waals surface area contributed by atoms with Gasteiger partial charge in [0.05, 0.1) is 29.3 Å². The van der Waals surface area contributed by atoms with Crippen molar-refractivity contribution < 1.29 is 9.53 Å². The Bertz CT molecular complexity index is 1150. The monoisotopic (exact) mass is 443 g/mol. The van der Waals surface area contributed by atoms with Crippen LogP contribution in [0.25, 0.3) is 10.9 Å². The lowest BCUT2D eigenvalue weighted by atomic mass is 10.0. The molecular formula is C22H22ClN3O3S. The first kappa shape index (κ1) is 20.8. The maximum atomic E-state index is 12.9. The van der Waals surface area contributed by atoms with Crippen molar-refractivity contribution in [3.05, 3.63) is 63.4 Å². The second-order valence-electron chi connectivity index (χ2n) is 7.10. The Labute approximate surface area is 183 Å². The number of para-hydroxylation sites is 1. The number of nitrogens with one attached hydrogen (secondary N) is 1. The van der Waals surface area contributed by atoms with Gasteiger partial charge in [-0.15, -0.1) is 0 Å². The van der Waals surface area contributed by atoms with E-state index in [0.29, 0.717) is 34.2 Å². The average molecular weight is 444 g/mol. The predicted molar refractivity (Wildman–Crippen MR) is 119 cm³/mol. The molecule has 0 saturated carbocycles. The lowest BCUT2D eigenvalue weighted by Crippen LogP contribution is -2.33. The molecule has 6 nitrogen and oxygen atoms in total. The third-order valence-corrected chi connectivity index (χ3v) is 6.17. The highest BCUT2D eigenvalue weighted by molar-refractivity contribution is 7.99. The van der Waals surface area contributed by atoms with Crippen molar-refractivity contribution in [3.8, 4) is 5.75 Å². The minimum absolute atomic E-state index is 0.0794. The van der Waals surface area contributed by atoms with E-state index in [1.165, 1.54) is 11.8 Å². The summed E-state index contributed by atoms with van der Waals surface area (Å²) in [6.07, 6.45) is 1.51. The zero-order chi connectivity index (χ0) is 21.1. The molecule has 1 unspecified atom stereocenters. The van der Waals surface area contributed by atoms with Gasteiger partial charge in [-0.05, 0) is 30.7 Å². The van der Waals surface area contributed by atoms with Crippen LogP contribution in [0.15, 0.2) is 52.4 Å². The van der Waals surface area contributed by atoms with Gasteiger partial charge in [0.1, 0.15) is 5.75 Å². The number of hydrogen-bond donors (Lipinski definition) is 1. The molecule has 0 spiro atoms. The number of carbonyl (C=O) groups is 1. The fraction of sp³-hybridized carbons (Fsp3) is 0.318. The van der Waals surface area contributed by atoms with Gasteiger partial charge >= 0.3 is 0 Å². The molecule has 3 aromatic rings. The first-order chi connectivity index (χ1) is 14.6. The zero-order valence-electron chi connectivity index (χ0n) is 16.6. The Morgan fingerprint density at radius 3 is 3.00 bits per heavy atom. The summed E-state index contributed by atoms with van der Waals surface area (Å²) < 4.78 is 7.29. The molecule has 1 aliphatic heterocycles. The summed E-state index contributed by atoms with van der Waals surface area (Å²) in [4.78, 5) is 30.2. The van der Waals surface area contributed by atoms with Crippen molar-refractivity contribution >= 4 is 40.2 Å². The molecule has 2 aromatic carbocycles. The molecule has 1 aromatic heterocycles. The highest BCUT2D eigenvalue weighted by atomic mass is 35.5. The second kappa shape index (κ2) is 9.10. The molecule has 156 valence electrons. The number of halogens is 1. The minimum Gasteiger partial charge on any atom is -0.493 e. The largest absolute Gasteiger partial charge is 0.493 e. The van der Waals surface area contributed by atoms with Gasteiger partial charge in [0.15, 0.2) is 5.16 Å². The van der Waals surface area contributed by atoms with E-state index in [2.05, 4.69) is 10.3 Å². The second-order valence-corrected chi connectivity index (χ2v) is 8.48. The molecule has 1 atom stereocenters. The van der Waals surface area contributed by atoms with E-state index in [1.807, 2.05) is 31.2 Å². The highest BCUT2D eigenvalue weighted by Gasteiger charge is 2.23. The van der Waals surface area contributed by atoms with Gasteiger partial charge in [-0.2, -0.15) is 0 Å². The van der Waals surface area contributed by atoms with E-state index in [-0.39, 0.29) is 23.3 Å². The van der Waals surface area contributed by atoms with Crippen LogP contribution >= 0.6 is 23.4 Å². The molecule has 1 amide bonds. The van der Waals surface area contributed by atoms with Crippen LogP contribution in [0, 0.1) is 0 Å². The summed E-state index contributed by atoms with van der Waals surface area (Å²) in [5, 5.41) is 4.66. The first-order valence-corrected chi connectivity index (χ1v) is 11.3. The van der Waals surface area contributed by atoms with E-state index in [0.717, 1.165) is 24.2 Å². The van der Waals surface area contributed by atoms with Crippen LogP contribution < -0.4 is 15.6 Å². The molecule has 30 heavy (non-hydrogen) atoms. The van der Waals surface area contributed by atoms with E-state index in [4.69, 9.17) is 16.3 Å². The molecule has 1 aliphatic rings. The summed E-state index contributed by atoms with van der Waals surface area (Å²) in [5.41, 5.74) is 1.42. The van der Waals surface area contributed by atoms with E-state index >= 15 is 0 Å². The number of amides is 1. The number of fused-ring (bicyclic) bond motifs is 2. The molecule has 2 heterocycles. The molecule has 8 heteroatoms. The van der Waals surface area contributed by atoms with Crippen LogP contribution in [0.5, 0.6) is 5.75 Å². The minimum atomic E-state index is -0.111. The van der Waals surface area contributed by atoms with Crippen molar-refractivity contribution in [1.82, 2.24) is 14.9 Å². The zero-order valence-corrected chi connectivity index (χ0v) is 18.1. The summed E-state index contributed by atoms with van der Waals surface area (Å²) in [6.45, 7) is 3.11. The van der Waals surface area contributed by atoms with E-state index < -0.39 is 0 Å². The number of carbonyl (C=O) groups excluding carboxylic acids is 1. The van der Waals surface area contributed by atoms with Gasteiger partial charge in [0.25, 0.3) is 5.56 Å². The van der Waals surface area contributed by atoms with Gasteiger partial charge in [0.2, 0.25) is 5.91 Å². The van der Waals surface area contributed by atoms with Crippen molar-refractivity contribution in [2.75, 3.05) is 12.4 Å². The van der Waals surface area contributed by atoms with E-state index in [9.17, 15) is 9.59 Å². The number of hydrogen-bond acceptors (Lipinski definition) is 5. The van der Waals surface area contributed by atoms with Crippen LogP contribution in [0.2, 0.25) is 5.02 Å². The number of nitrogens with zero attached hydrogens (tertiary/aromatic N) is 2. The van der Waals surface area contributed by atoms with Crippen LogP contribution in [0.3, 0.4) is 0 Å². The third-order valence-electron chi connectivity index (χ3n) is 4.96. The molecule has 0 bridgehead atoms. The topological polar surface area (TPSA) is 73.2 Å². The Morgan fingerprint density at radius 1 is 1.33 bits per heavy atom. The van der Waals surface area contributed by atoms with Crippen LogP contribution in [0.4, 0.5) is 0 Å². The number of rotatable bonds is 6. The predicted octanol–water partition coefficient (Wildman–Crippen LogP) is 4.19. The Balaban J connectivity index is 1.52. The third kappa shape index (κ3) is 4.32. The maximum Gasteiger partial charge on any atom is 0.262 e. The van der Waals surface area contributed by atoms with Crippen molar-refractivity contribution in [2.45, 2.75) is 37.5 Å². The van der Waals surface area contributed by atoms with Crippen LogP contribution in [0.1, 0.15) is 31.4 Å². The summed E-state index contributed by atoms with van der Waals surface area (Å²) >= 11 is 7.34. The smallest absolute Gasteiger partial charge is 0.262 e. The Hall–Kier alpha value is -2.51. The van der Waals surface area contributed by atoms with E-state index in [1.54, 1.807) is 22.8 Å². The lowest BCUT2D eigenvalue weighted by molar-refractivity contribution is -0.119. The van der Waals surface area contributed by atoms with Gasteiger partial charge in [-0.25, -0.2) is 4.98 Å². The Kier molecular flexibility index (Phi) is 6.29. The van der Waals surface area contributed by atoms with Gasteiger partial charge in [-0.3, -0.25) is 14.2 Å². The SMILES string of the molecule is CCCn1c(SCC(=O)NC2CCOc3ccccc32)nc2cc(Cl)ccc2c1=O. The summed E-state index contributed by atoms with van der Waals surface area (Å²) in [6, 6.07) is 12.7. The summed E-state index contributed by atoms with van der Waals surface area (Å²) in [5.74, 6) is 0.874. The molecule has 1 N–H and O–H groups in total. The number of aromatic nitrogens is 2. The number of ether oxygens (including phenoxy) is 1. The summed E-state index contributed by atoms with van der Waals surface area (Å²) in [7, 11) is 0. The lowest BCUT2D eigenvalue weighted by Gasteiger charge is -2.26. The van der Waals surface area contributed by atoms with Gasteiger partial charge < -0.3 is 10.1 Å². The van der Waals surface area contributed by atoms with Crippen LogP contribution in [-0.4, -0.2) is 27.8 Å². The van der Waals surface area contributed by atoms with Crippen molar-refractivity contribution in [2.24, 2.45) is 0 Å². The average Bonchev–Trinajstić information content (AvgIpc) is 2.74. The maximum absolute atomic E-state index is 12.9. The van der Waals surface area contributed by atoms with Crippen LogP contribution in [-0.2, 0) is 11.3 Å². The van der Waals surface area contributed by atoms with Gasteiger partial charge in [0, 0.05) is 23.6 Å². The molecule has 0 saturated heterocycles. The molecule has 4 rings (SSSR count). The van der Waals surface area contributed by atoms with Crippen molar-refractivity contribution in [3.63, 3.8) is 0 Å². The number of benzene rings is 2. The Morgan fingerprint density at radius 2 is 2.17 bits per heavy atom. The quantitative estimate of drug-likeness (QED) is 0.456. The molecule has 0 aliphatic carbocycles. The van der Waals surface area contributed by atoms with Crippen molar-refractivity contribution in [1.29, 1.82) is 0 Å². The fourth-order valence-electron chi connectivity index (χ4n) is 3.56.